The maximum Gasteiger partial charge on any atom is 0.138 e. The van der Waals surface area contributed by atoms with Crippen molar-refractivity contribution in [3.05, 3.63) is 41.8 Å². The molecule has 24 heavy (non-hydrogen) atoms. The standard InChI is InChI=1S/C17H19N3O2S2/c1-4-16-18-9-17(24-16)23-15-6-12(5-14(7-15)22-3)13-8-19-20(10-13)11-21-2/h5-10H,4,11H2,1-3H3. The first-order chi connectivity index (χ1) is 11.7. The number of hydrogen-bond donors (Lipinski definition) is 0. The van der Waals surface area contributed by atoms with Gasteiger partial charge in [0.25, 0.3) is 0 Å². The zero-order valence-corrected chi connectivity index (χ0v) is 15.5. The second-order valence-corrected chi connectivity index (χ2v) is 7.60. The third kappa shape index (κ3) is 3.98. The van der Waals surface area contributed by atoms with Gasteiger partial charge in [0, 0.05) is 23.8 Å². The van der Waals surface area contributed by atoms with Gasteiger partial charge in [0.15, 0.2) is 0 Å². The normalized spacial score (nSPS) is 11.0. The Hall–Kier alpha value is -1.83. The Morgan fingerprint density at radius 1 is 1.17 bits per heavy atom. The van der Waals surface area contributed by atoms with Crippen molar-refractivity contribution in [1.82, 2.24) is 14.8 Å². The van der Waals surface area contributed by atoms with E-state index in [2.05, 4.69) is 23.1 Å². The van der Waals surface area contributed by atoms with Crippen LogP contribution < -0.4 is 4.74 Å². The van der Waals surface area contributed by atoms with Crippen molar-refractivity contribution < 1.29 is 9.47 Å². The second-order valence-electron chi connectivity index (χ2n) is 5.11. The molecular weight excluding hydrogens is 342 g/mol. The molecule has 0 spiro atoms. The van der Waals surface area contributed by atoms with Gasteiger partial charge in [0.05, 0.1) is 28.7 Å². The maximum absolute atomic E-state index is 5.46. The highest BCUT2D eigenvalue weighted by molar-refractivity contribution is 8.01. The van der Waals surface area contributed by atoms with Gasteiger partial charge in [-0.05, 0) is 30.2 Å². The molecule has 2 heterocycles. The van der Waals surface area contributed by atoms with E-state index in [-0.39, 0.29) is 0 Å². The highest BCUT2D eigenvalue weighted by Gasteiger charge is 2.09. The van der Waals surface area contributed by atoms with Crippen LogP contribution in [-0.2, 0) is 17.9 Å². The van der Waals surface area contributed by atoms with E-state index >= 15 is 0 Å². The van der Waals surface area contributed by atoms with Crippen molar-refractivity contribution in [2.75, 3.05) is 14.2 Å². The zero-order valence-electron chi connectivity index (χ0n) is 13.9. The van der Waals surface area contributed by atoms with Crippen LogP contribution in [0, 0.1) is 0 Å². The molecule has 0 aliphatic carbocycles. The van der Waals surface area contributed by atoms with E-state index in [1.165, 1.54) is 4.21 Å². The van der Waals surface area contributed by atoms with E-state index in [4.69, 9.17) is 9.47 Å². The third-order valence-corrected chi connectivity index (χ3v) is 5.61. The average Bonchev–Trinajstić information content (AvgIpc) is 3.24. The first kappa shape index (κ1) is 17.0. The highest BCUT2D eigenvalue weighted by Crippen LogP contribution is 2.37. The predicted octanol–water partition coefficient (Wildman–Crippen LogP) is 4.33. The van der Waals surface area contributed by atoms with Gasteiger partial charge in [-0.1, -0.05) is 18.7 Å². The van der Waals surface area contributed by atoms with Crippen LogP contribution in [0.1, 0.15) is 11.9 Å². The number of aryl methyl sites for hydroxylation is 1. The molecule has 0 fully saturated rings. The number of rotatable bonds is 7. The lowest BCUT2D eigenvalue weighted by molar-refractivity contribution is 0.120. The molecule has 1 aromatic carbocycles. The van der Waals surface area contributed by atoms with Crippen LogP contribution in [-0.4, -0.2) is 29.0 Å². The van der Waals surface area contributed by atoms with Gasteiger partial charge in [-0.2, -0.15) is 5.10 Å². The Balaban J connectivity index is 1.89. The fourth-order valence-corrected chi connectivity index (χ4v) is 4.28. The lowest BCUT2D eigenvalue weighted by Crippen LogP contribution is -1.98. The van der Waals surface area contributed by atoms with E-state index in [0.29, 0.717) is 6.73 Å². The molecule has 0 amide bonds. The molecule has 3 rings (SSSR count). The molecule has 0 radical (unpaired) electrons. The van der Waals surface area contributed by atoms with Crippen LogP contribution in [0.2, 0.25) is 0 Å². The number of methoxy groups -OCH3 is 2. The lowest BCUT2D eigenvalue weighted by atomic mass is 10.1. The topological polar surface area (TPSA) is 49.2 Å². The van der Waals surface area contributed by atoms with Crippen molar-refractivity contribution in [2.45, 2.75) is 29.2 Å². The summed E-state index contributed by atoms with van der Waals surface area (Å²) >= 11 is 3.43. The van der Waals surface area contributed by atoms with Gasteiger partial charge in [0.1, 0.15) is 12.5 Å². The highest BCUT2D eigenvalue weighted by atomic mass is 32.2. The number of nitrogens with zero attached hydrogens (tertiary/aromatic N) is 3. The fraction of sp³-hybridized carbons (Fsp3) is 0.294. The summed E-state index contributed by atoms with van der Waals surface area (Å²) in [4.78, 5) is 5.54. The summed E-state index contributed by atoms with van der Waals surface area (Å²) < 4.78 is 13.5. The van der Waals surface area contributed by atoms with E-state index in [1.807, 2.05) is 30.7 Å². The Bertz CT molecular complexity index is 814. The van der Waals surface area contributed by atoms with Crippen molar-refractivity contribution in [3.63, 3.8) is 0 Å². The van der Waals surface area contributed by atoms with Crippen molar-refractivity contribution >= 4 is 23.1 Å². The monoisotopic (exact) mass is 361 g/mol. The first-order valence-corrected chi connectivity index (χ1v) is 9.18. The minimum Gasteiger partial charge on any atom is -0.497 e. The van der Waals surface area contributed by atoms with E-state index in [9.17, 15) is 0 Å². The van der Waals surface area contributed by atoms with Gasteiger partial charge < -0.3 is 9.47 Å². The van der Waals surface area contributed by atoms with Crippen molar-refractivity contribution in [1.29, 1.82) is 0 Å². The molecule has 3 aromatic rings. The van der Waals surface area contributed by atoms with Gasteiger partial charge >= 0.3 is 0 Å². The molecule has 5 nitrogen and oxygen atoms in total. The molecule has 0 unspecified atom stereocenters. The summed E-state index contributed by atoms with van der Waals surface area (Å²) in [7, 11) is 3.34. The summed E-state index contributed by atoms with van der Waals surface area (Å²) in [6.07, 6.45) is 6.70. The number of aromatic nitrogens is 3. The molecule has 0 saturated heterocycles. The molecule has 2 aromatic heterocycles. The van der Waals surface area contributed by atoms with Crippen LogP contribution in [0.25, 0.3) is 11.1 Å². The SMILES string of the molecule is CCc1ncc(Sc2cc(OC)cc(-c3cnn(COC)c3)c2)s1. The average molecular weight is 361 g/mol. The third-order valence-electron chi connectivity index (χ3n) is 3.40. The first-order valence-electron chi connectivity index (χ1n) is 7.55. The quantitative estimate of drug-likeness (QED) is 0.627. The second kappa shape index (κ2) is 7.83. The molecular formula is C17H19N3O2S2. The number of ether oxygens (including phenoxy) is 2. The van der Waals surface area contributed by atoms with E-state index in [1.54, 1.807) is 42.0 Å². The fourth-order valence-electron chi connectivity index (χ4n) is 2.25. The molecule has 0 aliphatic rings. The van der Waals surface area contributed by atoms with Gasteiger partial charge in [-0.25, -0.2) is 9.67 Å². The van der Waals surface area contributed by atoms with Crippen LogP contribution in [0.15, 0.2) is 45.9 Å². The Morgan fingerprint density at radius 3 is 2.75 bits per heavy atom. The smallest absolute Gasteiger partial charge is 0.138 e. The van der Waals surface area contributed by atoms with Crippen LogP contribution in [0.4, 0.5) is 0 Å². The van der Waals surface area contributed by atoms with Crippen molar-refractivity contribution in [3.8, 4) is 16.9 Å². The molecule has 7 heteroatoms. The van der Waals surface area contributed by atoms with Crippen molar-refractivity contribution in [2.24, 2.45) is 0 Å². The maximum atomic E-state index is 5.46. The Kier molecular flexibility index (Phi) is 5.55. The Morgan fingerprint density at radius 2 is 2.04 bits per heavy atom. The van der Waals surface area contributed by atoms with Crippen LogP contribution >= 0.6 is 23.1 Å². The molecule has 0 bridgehead atoms. The minimum atomic E-state index is 0.437. The molecule has 0 atom stereocenters. The summed E-state index contributed by atoms with van der Waals surface area (Å²) in [5.41, 5.74) is 2.10. The molecule has 0 N–H and O–H groups in total. The largest absolute Gasteiger partial charge is 0.497 e. The summed E-state index contributed by atoms with van der Waals surface area (Å²) in [5.74, 6) is 0.828. The molecule has 126 valence electrons. The van der Waals surface area contributed by atoms with Crippen LogP contribution in [0.3, 0.4) is 0 Å². The summed E-state index contributed by atoms with van der Waals surface area (Å²) in [6, 6.07) is 6.20. The predicted molar refractivity (Wildman–Crippen MR) is 96.8 cm³/mol. The lowest BCUT2D eigenvalue weighted by Gasteiger charge is -2.07. The van der Waals surface area contributed by atoms with E-state index < -0.39 is 0 Å². The molecule has 0 saturated carbocycles. The minimum absolute atomic E-state index is 0.437. The number of hydrogen-bond acceptors (Lipinski definition) is 6. The van der Waals surface area contributed by atoms with Crippen LogP contribution in [0.5, 0.6) is 5.75 Å². The Labute approximate surface area is 149 Å². The number of benzene rings is 1. The van der Waals surface area contributed by atoms with Gasteiger partial charge in [-0.3, -0.25) is 0 Å². The molecule has 0 aliphatic heterocycles. The van der Waals surface area contributed by atoms with Gasteiger partial charge in [-0.15, -0.1) is 11.3 Å². The van der Waals surface area contributed by atoms with Gasteiger partial charge in [0.2, 0.25) is 0 Å². The number of thiazole rings is 1. The summed E-state index contributed by atoms with van der Waals surface area (Å²) in [6.45, 7) is 2.56. The zero-order chi connectivity index (χ0) is 16.9. The summed E-state index contributed by atoms with van der Waals surface area (Å²) in [5, 5.41) is 5.46. The van der Waals surface area contributed by atoms with E-state index in [0.717, 1.165) is 33.2 Å².